The van der Waals surface area contributed by atoms with Crippen LogP contribution in [0.5, 0.6) is 11.5 Å². The van der Waals surface area contributed by atoms with Gasteiger partial charge in [0, 0.05) is 12.1 Å². The Kier molecular flexibility index (Phi) is 7.72. The van der Waals surface area contributed by atoms with Gasteiger partial charge in [0.1, 0.15) is 10.6 Å². The molecule has 0 bridgehead atoms. The Morgan fingerprint density at radius 1 is 0.938 bits per heavy atom. The third-order valence-electron chi connectivity index (χ3n) is 4.72. The monoisotopic (exact) mass is 454 g/mol. The lowest BCUT2D eigenvalue weighted by Gasteiger charge is -2.17. The van der Waals surface area contributed by atoms with Crippen molar-refractivity contribution in [2.45, 2.75) is 23.3 Å². The quantitative estimate of drug-likeness (QED) is 0.486. The number of benzene rings is 3. The second kappa shape index (κ2) is 10.7. The van der Waals surface area contributed by atoms with Gasteiger partial charge in [0.25, 0.3) is 0 Å². The van der Waals surface area contributed by atoms with Gasteiger partial charge in [0.2, 0.25) is 15.7 Å². The topological polar surface area (TPSA) is 93.7 Å². The fourth-order valence-corrected chi connectivity index (χ4v) is 4.61. The second-order valence-corrected chi connectivity index (χ2v) is 8.74. The Bertz CT molecular complexity index is 1160. The average Bonchev–Trinajstić information content (AvgIpc) is 2.82. The molecule has 0 heterocycles. The number of hydrogen-bond donors (Lipinski definition) is 2. The van der Waals surface area contributed by atoms with Gasteiger partial charge >= 0.3 is 0 Å². The molecule has 0 aliphatic carbocycles. The van der Waals surface area contributed by atoms with E-state index in [9.17, 15) is 13.2 Å². The summed E-state index contributed by atoms with van der Waals surface area (Å²) < 4.78 is 37.2. The predicted molar refractivity (Wildman–Crippen MR) is 123 cm³/mol. The van der Waals surface area contributed by atoms with E-state index < -0.39 is 9.84 Å². The minimum Gasteiger partial charge on any atom is -0.496 e. The van der Waals surface area contributed by atoms with E-state index in [1.165, 1.54) is 18.2 Å². The zero-order valence-electron chi connectivity index (χ0n) is 18.0. The minimum atomic E-state index is -3.79. The van der Waals surface area contributed by atoms with Gasteiger partial charge in [-0.2, -0.15) is 0 Å². The molecule has 0 unspecified atom stereocenters. The molecule has 0 radical (unpaired) electrons. The Labute approximate surface area is 188 Å². The van der Waals surface area contributed by atoms with E-state index in [0.29, 0.717) is 18.0 Å². The number of carbonyl (C=O) groups excluding carboxylic acids is 1. The molecule has 3 aromatic carbocycles. The molecule has 0 aliphatic rings. The normalized spacial score (nSPS) is 10.9. The third-order valence-corrected chi connectivity index (χ3v) is 6.51. The van der Waals surface area contributed by atoms with Crippen LogP contribution in [0.1, 0.15) is 12.5 Å². The zero-order valence-corrected chi connectivity index (χ0v) is 18.8. The summed E-state index contributed by atoms with van der Waals surface area (Å²) in [6.07, 6.45) is 0. The van der Waals surface area contributed by atoms with Crippen LogP contribution < -0.4 is 20.1 Å². The molecule has 3 aromatic rings. The number of ether oxygens (including phenoxy) is 2. The number of para-hydroxylation sites is 2. The van der Waals surface area contributed by atoms with E-state index in [2.05, 4.69) is 10.6 Å². The van der Waals surface area contributed by atoms with Crippen LogP contribution >= 0.6 is 0 Å². The Balaban J connectivity index is 1.75. The summed E-state index contributed by atoms with van der Waals surface area (Å²) in [7, 11) is -2.21. The van der Waals surface area contributed by atoms with Crippen molar-refractivity contribution in [3.05, 3.63) is 78.4 Å². The molecular weight excluding hydrogens is 428 g/mol. The van der Waals surface area contributed by atoms with Crippen molar-refractivity contribution in [1.29, 1.82) is 0 Å². The number of methoxy groups -OCH3 is 1. The first kappa shape index (κ1) is 23.1. The summed E-state index contributed by atoms with van der Waals surface area (Å²) in [6.45, 7) is 2.31. The molecule has 7 nitrogen and oxygen atoms in total. The van der Waals surface area contributed by atoms with Crippen LogP contribution in [0.4, 0.5) is 5.69 Å². The summed E-state index contributed by atoms with van der Waals surface area (Å²) >= 11 is 0. The van der Waals surface area contributed by atoms with Crippen molar-refractivity contribution in [3.63, 3.8) is 0 Å². The lowest BCUT2D eigenvalue weighted by molar-refractivity contribution is -0.119. The number of rotatable bonds is 10. The van der Waals surface area contributed by atoms with Crippen molar-refractivity contribution in [2.24, 2.45) is 0 Å². The molecule has 8 heteroatoms. The number of hydrogen-bond acceptors (Lipinski definition) is 6. The van der Waals surface area contributed by atoms with Crippen LogP contribution in [-0.4, -0.2) is 34.6 Å². The largest absolute Gasteiger partial charge is 0.496 e. The second-order valence-electron chi connectivity index (χ2n) is 6.82. The van der Waals surface area contributed by atoms with E-state index in [4.69, 9.17) is 9.47 Å². The van der Waals surface area contributed by atoms with Crippen LogP contribution in [0.3, 0.4) is 0 Å². The Morgan fingerprint density at radius 3 is 2.38 bits per heavy atom. The van der Waals surface area contributed by atoms with Gasteiger partial charge in [-0.1, -0.05) is 42.5 Å². The van der Waals surface area contributed by atoms with E-state index in [-0.39, 0.29) is 34.6 Å². The van der Waals surface area contributed by atoms with Gasteiger partial charge in [-0.3, -0.25) is 4.79 Å². The predicted octanol–water partition coefficient (Wildman–Crippen LogP) is 3.66. The van der Waals surface area contributed by atoms with Gasteiger partial charge in [0.05, 0.1) is 30.8 Å². The van der Waals surface area contributed by atoms with Crippen molar-refractivity contribution in [1.82, 2.24) is 5.32 Å². The van der Waals surface area contributed by atoms with Crippen LogP contribution in [0.25, 0.3) is 0 Å². The van der Waals surface area contributed by atoms with Gasteiger partial charge in [-0.15, -0.1) is 0 Å². The van der Waals surface area contributed by atoms with Crippen LogP contribution in [-0.2, 0) is 21.2 Å². The smallest absolute Gasteiger partial charge is 0.239 e. The fourth-order valence-electron chi connectivity index (χ4n) is 3.17. The van der Waals surface area contributed by atoms with Crippen molar-refractivity contribution in [2.75, 3.05) is 25.6 Å². The van der Waals surface area contributed by atoms with Gasteiger partial charge < -0.3 is 20.1 Å². The van der Waals surface area contributed by atoms with Crippen molar-refractivity contribution >= 4 is 21.4 Å². The van der Waals surface area contributed by atoms with Gasteiger partial charge in [0.15, 0.2) is 5.75 Å². The van der Waals surface area contributed by atoms with Crippen LogP contribution in [0.2, 0.25) is 0 Å². The van der Waals surface area contributed by atoms with Gasteiger partial charge in [-0.25, -0.2) is 8.42 Å². The standard InChI is InChI=1S/C24H26N2O5S/c1-3-31-24-20(13-9-15-22(24)32(28,29)19-11-5-4-6-12-19)25-17-23(27)26-16-18-10-7-8-14-21(18)30-2/h4-15,25H,3,16-17H2,1-2H3,(H,26,27). The zero-order chi connectivity index (χ0) is 23.0. The molecular formula is C24H26N2O5S. The highest BCUT2D eigenvalue weighted by molar-refractivity contribution is 7.91. The van der Waals surface area contributed by atoms with E-state index in [1.54, 1.807) is 44.4 Å². The molecule has 0 fully saturated rings. The molecule has 0 saturated carbocycles. The molecule has 3 rings (SSSR count). The molecule has 168 valence electrons. The summed E-state index contributed by atoms with van der Waals surface area (Å²) in [4.78, 5) is 12.6. The number of carbonyl (C=O) groups is 1. The molecule has 0 spiro atoms. The van der Waals surface area contributed by atoms with Crippen molar-refractivity contribution < 1.29 is 22.7 Å². The van der Waals surface area contributed by atoms with Gasteiger partial charge in [-0.05, 0) is 37.3 Å². The third kappa shape index (κ3) is 5.39. The Hall–Kier alpha value is -3.52. The highest BCUT2D eigenvalue weighted by Crippen LogP contribution is 2.35. The average molecular weight is 455 g/mol. The first-order valence-corrected chi connectivity index (χ1v) is 11.6. The highest BCUT2D eigenvalue weighted by Gasteiger charge is 2.24. The number of sulfone groups is 1. The molecule has 0 saturated heterocycles. The molecule has 2 N–H and O–H groups in total. The summed E-state index contributed by atoms with van der Waals surface area (Å²) in [5, 5.41) is 5.82. The molecule has 0 aromatic heterocycles. The van der Waals surface area contributed by atoms with Crippen molar-refractivity contribution in [3.8, 4) is 11.5 Å². The highest BCUT2D eigenvalue weighted by atomic mass is 32.2. The first-order valence-electron chi connectivity index (χ1n) is 10.2. The fraction of sp³-hybridized carbons (Fsp3) is 0.208. The minimum absolute atomic E-state index is 0.0463. The Morgan fingerprint density at radius 2 is 1.66 bits per heavy atom. The molecule has 0 aliphatic heterocycles. The SMILES string of the molecule is CCOc1c(NCC(=O)NCc2ccccc2OC)cccc1S(=O)(=O)c1ccccc1. The van der Waals surface area contributed by atoms with E-state index in [1.807, 2.05) is 24.3 Å². The lowest BCUT2D eigenvalue weighted by Crippen LogP contribution is -2.29. The van der Waals surface area contributed by atoms with E-state index >= 15 is 0 Å². The molecule has 0 atom stereocenters. The number of amides is 1. The van der Waals surface area contributed by atoms with E-state index in [0.717, 1.165) is 5.56 Å². The summed E-state index contributed by atoms with van der Waals surface area (Å²) in [5.74, 6) is 0.629. The number of nitrogens with one attached hydrogen (secondary N) is 2. The maximum Gasteiger partial charge on any atom is 0.239 e. The number of anilines is 1. The molecule has 32 heavy (non-hydrogen) atoms. The van der Waals surface area contributed by atoms with Crippen LogP contribution in [0, 0.1) is 0 Å². The summed E-state index contributed by atoms with van der Waals surface area (Å²) in [5.41, 5.74) is 1.28. The molecule has 1 amide bonds. The maximum atomic E-state index is 13.1. The van der Waals surface area contributed by atoms with Crippen LogP contribution in [0.15, 0.2) is 82.6 Å². The maximum absolute atomic E-state index is 13.1. The first-order chi connectivity index (χ1) is 15.5. The summed E-state index contributed by atoms with van der Waals surface area (Å²) in [6, 6.07) is 20.4. The lowest BCUT2D eigenvalue weighted by atomic mass is 10.2.